The van der Waals surface area contributed by atoms with Crippen LogP contribution < -0.4 is 10.6 Å². The Labute approximate surface area is 395 Å². The number of nitrogens with one attached hydrogen (secondary N) is 2. The molecule has 0 saturated heterocycles. The number of nitrogens with zero attached hydrogens (tertiary/aromatic N) is 3. The maximum atomic E-state index is 11.9. The normalized spacial score (nSPS) is 15.5. The van der Waals surface area contributed by atoms with E-state index in [0.717, 1.165) is 15.4 Å². The summed E-state index contributed by atoms with van der Waals surface area (Å²) in [5.41, 5.74) is 0.798. The van der Waals surface area contributed by atoms with Crippen LogP contribution in [0, 0.1) is 39.9 Å². The van der Waals surface area contributed by atoms with Crippen LogP contribution in [0.3, 0.4) is 0 Å². The van der Waals surface area contributed by atoms with Crippen molar-refractivity contribution in [3.63, 3.8) is 0 Å². The van der Waals surface area contributed by atoms with Gasteiger partial charge in [-0.25, -0.2) is 0 Å². The summed E-state index contributed by atoms with van der Waals surface area (Å²) in [5.74, 6) is -6.34. The minimum absolute atomic E-state index is 0. The monoisotopic (exact) mass is 1060 g/mol. The number of benzene rings is 1. The summed E-state index contributed by atoms with van der Waals surface area (Å²) in [6.45, 7) is -3.99. The molecule has 0 heterocycles. The second kappa shape index (κ2) is 37.5. The minimum Gasteiger partial charge on any atom is -0.480 e. The smallest absolute Gasteiger partial charge is 0.480 e. The van der Waals surface area contributed by atoms with Gasteiger partial charge in [0.15, 0.2) is 0 Å². The summed E-state index contributed by atoms with van der Waals surface area (Å²) in [5, 5.41) is 141. The van der Waals surface area contributed by atoms with E-state index in [1.54, 1.807) is 38.4 Å². The Balaban J connectivity index is -0.00000109. The molecule has 0 fully saturated rings. The van der Waals surface area contributed by atoms with Crippen LogP contribution in [0.1, 0.15) is 5.56 Å². The van der Waals surface area contributed by atoms with Crippen molar-refractivity contribution in [3.8, 4) is 0 Å². The van der Waals surface area contributed by atoms with Gasteiger partial charge in [-0.05, 0) is 19.7 Å². The number of aliphatic carboxylic acids is 5. The average molecular weight is 1060 g/mol. The molecule has 1 aromatic carbocycles. The molecule has 0 spiro atoms. The van der Waals surface area contributed by atoms with Crippen molar-refractivity contribution in [3.05, 3.63) is 35.9 Å². The number of rotatable bonds is 32. The quantitative estimate of drug-likeness (QED) is 0.0319. The maximum Gasteiger partial charge on any atom is 3.00 e. The van der Waals surface area contributed by atoms with E-state index in [2.05, 4.69) is 10.6 Å². The van der Waals surface area contributed by atoms with Crippen LogP contribution in [0.2, 0.25) is 0 Å². The van der Waals surface area contributed by atoms with E-state index in [1.165, 1.54) is 4.90 Å². The van der Waals surface area contributed by atoms with Crippen molar-refractivity contribution in [2.24, 2.45) is 0 Å². The third-order valence-electron chi connectivity index (χ3n) is 8.44. The number of carbonyl (C=O) groups is 5. The van der Waals surface area contributed by atoms with Gasteiger partial charge in [0.2, 0.25) is 0 Å². The van der Waals surface area contributed by atoms with E-state index in [9.17, 15) is 49.5 Å². The van der Waals surface area contributed by atoms with Crippen LogP contribution in [0.5, 0.6) is 0 Å². The summed E-state index contributed by atoms with van der Waals surface area (Å²) < 4.78 is 5.49. The molecular weight excluding hydrogens is 996 g/mol. The van der Waals surface area contributed by atoms with Gasteiger partial charge in [0.05, 0.1) is 64.8 Å². The molecule has 365 valence electrons. The van der Waals surface area contributed by atoms with E-state index >= 15 is 0 Å². The average Bonchev–Trinajstić information content (AvgIpc) is 3.21. The van der Waals surface area contributed by atoms with Gasteiger partial charge >= 0.3 is 69.8 Å². The number of hydrogen-bond acceptors (Lipinski definition) is 21. The van der Waals surface area contributed by atoms with Gasteiger partial charge in [-0.1, -0.05) is 30.3 Å². The fraction of sp³-hybridized carbons (Fsp3) is 0.694. The van der Waals surface area contributed by atoms with Gasteiger partial charge in [0.25, 0.3) is 0 Å². The molecule has 0 aliphatic heterocycles. The third-order valence-corrected chi connectivity index (χ3v) is 8.44. The topological polar surface area (TPSA) is 432 Å². The van der Waals surface area contributed by atoms with Crippen molar-refractivity contribution >= 4 is 29.8 Å². The predicted molar refractivity (Wildman–Crippen MR) is 213 cm³/mol. The molecule has 1 radical (unpaired) electrons. The SMILES string of the molecule is CNC[C@H](O)[C@@H](O)[C@H](O)[C@H](O)CO.CNC[C@H](O)[C@@H](O)[C@H](O)[C@H](O)CO.O=C(O)CN(CCN(CC(=O)O)CC(=O)O)CCN(CC(=O)O)C(COCc1ccccc1)C(=O)O.[Gd+3]. The Morgan fingerprint density at radius 1 is 0.556 bits per heavy atom. The van der Waals surface area contributed by atoms with Gasteiger partial charge in [-0.3, -0.25) is 38.7 Å². The van der Waals surface area contributed by atoms with Crippen LogP contribution >= 0.6 is 0 Å². The molecule has 0 saturated carbocycles. The van der Waals surface area contributed by atoms with Crippen LogP contribution in [0.15, 0.2) is 30.3 Å². The number of aliphatic hydroxyl groups excluding tert-OH is 10. The Morgan fingerprint density at radius 2 is 0.921 bits per heavy atom. The molecule has 0 bridgehead atoms. The van der Waals surface area contributed by atoms with Crippen LogP contribution in [0.25, 0.3) is 0 Å². The number of carboxylic acid groups (broad SMARTS) is 5. The molecule has 1 unspecified atom stereocenters. The fourth-order valence-corrected chi connectivity index (χ4v) is 5.11. The molecular formula is C36H65GdN5O21+3. The van der Waals surface area contributed by atoms with Crippen molar-refractivity contribution < 1.29 is 145 Å². The first-order valence-electron chi connectivity index (χ1n) is 18.9. The second-order valence-electron chi connectivity index (χ2n) is 13.6. The van der Waals surface area contributed by atoms with Crippen molar-refractivity contribution in [2.45, 2.75) is 61.5 Å². The van der Waals surface area contributed by atoms with E-state index in [0.29, 0.717) is 0 Å². The van der Waals surface area contributed by atoms with Gasteiger partial charge in [0.1, 0.15) is 42.7 Å². The summed E-state index contributed by atoms with van der Waals surface area (Å²) in [6, 6.07) is 7.62. The Morgan fingerprint density at radius 3 is 1.29 bits per heavy atom. The first-order chi connectivity index (χ1) is 29.1. The van der Waals surface area contributed by atoms with Crippen LogP contribution in [-0.2, 0) is 35.3 Å². The molecule has 0 aliphatic carbocycles. The molecule has 63 heavy (non-hydrogen) atoms. The summed E-state index contributed by atoms with van der Waals surface area (Å²) in [4.78, 5) is 60.1. The molecule has 26 nitrogen and oxygen atoms in total. The Kier molecular flexibility index (Phi) is 38.4. The zero-order valence-corrected chi connectivity index (χ0v) is 37.1. The van der Waals surface area contributed by atoms with E-state index < -0.39 is 124 Å². The number of likely N-dealkylation sites (N-methyl/N-ethyl adjacent to an activating group) is 2. The zero-order chi connectivity index (χ0) is 47.9. The molecule has 0 amide bonds. The molecule has 17 N–H and O–H groups in total. The second-order valence-corrected chi connectivity index (χ2v) is 13.6. The van der Waals surface area contributed by atoms with Gasteiger partial charge in [-0.2, -0.15) is 0 Å². The predicted octanol–water partition coefficient (Wildman–Crippen LogP) is -7.82. The van der Waals surface area contributed by atoms with Gasteiger partial charge in [0, 0.05) is 39.3 Å². The van der Waals surface area contributed by atoms with Crippen molar-refractivity contribution in [1.82, 2.24) is 25.3 Å². The fourth-order valence-electron chi connectivity index (χ4n) is 5.11. The summed E-state index contributed by atoms with van der Waals surface area (Å²) >= 11 is 0. The molecule has 27 heteroatoms. The molecule has 1 rings (SSSR count). The van der Waals surface area contributed by atoms with Crippen LogP contribution in [-0.4, -0.2) is 275 Å². The number of aliphatic hydroxyl groups is 10. The first kappa shape index (κ1) is 64.5. The van der Waals surface area contributed by atoms with E-state index in [-0.39, 0.29) is 92.4 Å². The van der Waals surface area contributed by atoms with E-state index in [1.807, 2.05) is 6.07 Å². The molecule has 0 aromatic heterocycles. The third kappa shape index (κ3) is 30.9. The largest absolute Gasteiger partial charge is 3.00 e. The van der Waals surface area contributed by atoms with E-state index in [4.69, 9.17) is 55.8 Å². The van der Waals surface area contributed by atoms with Crippen molar-refractivity contribution in [1.29, 1.82) is 0 Å². The van der Waals surface area contributed by atoms with Gasteiger partial charge in [-0.15, -0.1) is 0 Å². The Hall–Kier alpha value is -2.75. The number of ether oxygens (including phenoxy) is 1. The summed E-state index contributed by atoms with van der Waals surface area (Å²) in [7, 11) is 3.15. The van der Waals surface area contributed by atoms with Gasteiger partial charge < -0.3 is 92.0 Å². The Bertz CT molecular complexity index is 1350. The maximum absolute atomic E-state index is 11.9. The van der Waals surface area contributed by atoms with Crippen LogP contribution in [0.4, 0.5) is 0 Å². The standard InChI is InChI=1S/C22H31N3O11.2C7H17NO5.Gd/c26-18(27)10-23(6-7-24(11-19(28)29)12-20(30)31)8-9-25(13-21(32)33)17(22(34)35)15-36-14-16-4-2-1-3-5-16;2*1-8-2-4(10)6(12)7(13)5(11)3-9;/h1-5,17H,6-15H2,(H,26,27)(H,28,29)(H,30,31)(H,32,33)(H,34,35);2*4-13H,2-3H2,1H3;/q;;;+3/t;2*4-,5+,6+,7+;/m.00./s1. The zero-order valence-electron chi connectivity index (χ0n) is 34.8. The molecule has 1 aromatic rings. The summed E-state index contributed by atoms with van der Waals surface area (Å²) in [6.07, 6.45) is -11.3. The number of carboxylic acids is 5. The van der Waals surface area contributed by atoms with Crippen molar-refractivity contribution in [2.75, 3.05) is 99.4 Å². The number of hydrogen-bond donors (Lipinski definition) is 17. The molecule has 9 atom stereocenters. The minimum atomic E-state index is -1.55. The molecule has 0 aliphatic rings. The first-order valence-corrected chi connectivity index (χ1v) is 18.9.